The van der Waals surface area contributed by atoms with Crippen molar-refractivity contribution in [2.24, 2.45) is 5.92 Å². The smallest absolute Gasteiger partial charge is 0.258 e. The summed E-state index contributed by atoms with van der Waals surface area (Å²) >= 11 is 0. The molecule has 0 radical (unpaired) electrons. The summed E-state index contributed by atoms with van der Waals surface area (Å²) in [4.78, 5) is 26.3. The van der Waals surface area contributed by atoms with Crippen LogP contribution >= 0.6 is 0 Å². The van der Waals surface area contributed by atoms with Crippen molar-refractivity contribution in [3.63, 3.8) is 0 Å². The van der Waals surface area contributed by atoms with Gasteiger partial charge in [-0.05, 0) is 66.6 Å². The molecule has 0 aromatic heterocycles. The Labute approximate surface area is 184 Å². The van der Waals surface area contributed by atoms with Crippen LogP contribution in [0.4, 0.5) is 5.69 Å². The van der Waals surface area contributed by atoms with Crippen LogP contribution in [0.3, 0.4) is 0 Å². The van der Waals surface area contributed by atoms with Crippen molar-refractivity contribution >= 4 is 17.5 Å². The number of likely N-dealkylation sites (tertiary alicyclic amines) is 1. The molecule has 2 heterocycles. The van der Waals surface area contributed by atoms with Crippen LogP contribution in [-0.4, -0.2) is 36.4 Å². The third-order valence-corrected chi connectivity index (χ3v) is 6.07. The fraction of sp³-hybridized carbons (Fsp3) is 0.440. The first-order chi connectivity index (χ1) is 15.1. The Bertz CT molecular complexity index is 943. The quantitative estimate of drug-likeness (QED) is 0.718. The lowest BCUT2D eigenvalue weighted by atomic mass is 9.99. The SMILES string of the molecule is CC1CCCN(Cc2ccccc2CNC(=O)COc2ccc3c(c2)CCC(=O)N3)C1. The first kappa shape index (κ1) is 21.4. The molecule has 0 saturated carbocycles. The summed E-state index contributed by atoms with van der Waals surface area (Å²) in [5.74, 6) is 1.28. The second kappa shape index (κ2) is 9.96. The number of aryl methyl sites for hydroxylation is 1. The van der Waals surface area contributed by atoms with Crippen molar-refractivity contribution in [3.8, 4) is 5.75 Å². The monoisotopic (exact) mass is 421 g/mol. The van der Waals surface area contributed by atoms with Gasteiger partial charge in [0.1, 0.15) is 5.75 Å². The number of nitrogens with one attached hydrogen (secondary N) is 2. The van der Waals surface area contributed by atoms with E-state index in [9.17, 15) is 9.59 Å². The van der Waals surface area contributed by atoms with Crippen molar-refractivity contribution < 1.29 is 14.3 Å². The summed E-state index contributed by atoms with van der Waals surface area (Å²) in [7, 11) is 0. The minimum absolute atomic E-state index is 0.0308. The van der Waals surface area contributed by atoms with Crippen LogP contribution in [0.15, 0.2) is 42.5 Å². The largest absolute Gasteiger partial charge is 0.484 e. The van der Waals surface area contributed by atoms with E-state index in [4.69, 9.17) is 4.74 Å². The molecule has 2 aromatic rings. The number of ether oxygens (including phenoxy) is 1. The first-order valence-corrected chi connectivity index (χ1v) is 11.2. The highest BCUT2D eigenvalue weighted by Crippen LogP contribution is 2.26. The van der Waals surface area contributed by atoms with Gasteiger partial charge in [0.05, 0.1) is 0 Å². The van der Waals surface area contributed by atoms with Gasteiger partial charge in [-0.1, -0.05) is 31.2 Å². The first-order valence-electron chi connectivity index (χ1n) is 11.2. The molecule has 0 aliphatic carbocycles. The molecule has 2 aliphatic rings. The van der Waals surface area contributed by atoms with Gasteiger partial charge in [-0.2, -0.15) is 0 Å². The molecule has 0 bridgehead atoms. The number of carbonyl (C=O) groups excluding carboxylic acids is 2. The molecular formula is C25H31N3O3. The molecule has 0 spiro atoms. The van der Waals surface area contributed by atoms with E-state index in [-0.39, 0.29) is 18.4 Å². The number of amides is 2. The fourth-order valence-electron chi connectivity index (χ4n) is 4.40. The summed E-state index contributed by atoms with van der Waals surface area (Å²) in [5.41, 5.74) is 4.29. The third-order valence-electron chi connectivity index (χ3n) is 6.07. The highest BCUT2D eigenvalue weighted by atomic mass is 16.5. The fourth-order valence-corrected chi connectivity index (χ4v) is 4.40. The van der Waals surface area contributed by atoms with Crippen LogP contribution in [0.5, 0.6) is 5.75 Å². The number of fused-ring (bicyclic) bond motifs is 1. The highest BCUT2D eigenvalue weighted by molar-refractivity contribution is 5.94. The Morgan fingerprint density at radius 3 is 2.87 bits per heavy atom. The van der Waals surface area contributed by atoms with Crippen LogP contribution in [0.25, 0.3) is 0 Å². The molecule has 6 nitrogen and oxygen atoms in total. The lowest BCUT2D eigenvalue weighted by molar-refractivity contribution is -0.123. The summed E-state index contributed by atoms with van der Waals surface area (Å²) in [6.45, 7) is 5.99. The van der Waals surface area contributed by atoms with E-state index in [1.54, 1.807) is 6.07 Å². The predicted octanol–water partition coefficient (Wildman–Crippen LogP) is 3.50. The predicted molar refractivity (Wildman–Crippen MR) is 121 cm³/mol. The van der Waals surface area contributed by atoms with Gasteiger partial charge in [0.15, 0.2) is 6.61 Å². The van der Waals surface area contributed by atoms with E-state index in [0.717, 1.165) is 42.4 Å². The molecule has 1 unspecified atom stereocenters. The normalized spacial score (nSPS) is 18.7. The van der Waals surface area contributed by atoms with Gasteiger partial charge < -0.3 is 15.4 Å². The van der Waals surface area contributed by atoms with Gasteiger partial charge in [-0.3, -0.25) is 14.5 Å². The maximum absolute atomic E-state index is 12.4. The molecular weight excluding hydrogens is 390 g/mol. The van der Waals surface area contributed by atoms with Gasteiger partial charge in [0, 0.05) is 31.7 Å². The second-order valence-electron chi connectivity index (χ2n) is 8.68. The van der Waals surface area contributed by atoms with E-state index >= 15 is 0 Å². The van der Waals surface area contributed by atoms with Gasteiger partial charge in [-0.25, -0.2) is 0 Å². The van der Waals surface area contributed by atoms with Crippen LogP contribution in [0, 0.1) is 5.92 Å². The van der Waals surface area contributed by atoms with Crippen molar-refractivity contribution in [2.75, 3.05) is 25.0 Å². The maximum atomic E-state index is 12.4. The van der Waals surface area contributed by atoms with E-state index in [0.29, 0.717) is 25.1 Å². The van der Waals surface area contributed by atoms with Crippen molar-refractivity contribution in [1.29, 1.82) is 0 Å². The number of carbonyl (C=O) groups is 2. The summed E-state index contributed by atoms with van der Waals surface area (Å²) in [6.07, 6.45) is 3.74. The maximum Gasteiger partial charge on any atom is 0.258 e. The Hall–Kier alpha value is -2.86. The van der Waals surface area contributed by atoms with Gasteiger partial charge in [0.25, 0.3) is 5.91 Å². The number of hydrogen-bond donors (Lipinski definition) is 2. The average molecular weight is 422 g/mol. The van der Waals surface area contributed by atoms with E-state index in [1.165, 1.54) is 18.4 Å². The molecule has 164 valence electrons. The summed E-state index contributed by atoms with van der Waals surface area (Å²) < 4.78 is 5.68. The highest BCUT2D eigenvalue weighted by Gasteiger charge is 2.18. The van der Waals surface area contributed by atoms with Crippen LogP contribution in [-0.2, 0) is 29.1 Å². The summed E-state index contributed by atoms with van der Waals surface area (Å²) in [6, 6.07) is 13.8. The van der Waals surface area contributed by atoms with Crippen LogP contribution < -0.4 is 15.4 Å². The molecule has 2 aliphatic heterocycles. The minimum Gasteiger partial charge on any atom is -0.484 e. The third kappa shape index (κ3) is 5.85. The molecule has 2 amide bonds. The van der Waals surface area contributed by atoms with E-state index in [1.807, 2.05) is 18.2 Å². The Morgan fingerprint density at radius 2 is 2.03 bits per heavy atom. The lowest BCUT2D eigenvalue weighted by Crippen LogP contribution is -2.34. The molecule has 2 aromatic carbocycles. The Balaban J connectivity index is 1.28. The van der Waals surface area contributed by atoms with Gasteiger partial charge in [0.2, 0.25) is 5.91 Å². The zero-order valence-electron chi connectivity index (χ0n) is 18.2. The van der Waals surface area contributed by atoms with Crippen LogP contribution in [0.2, 0.25) is 0 Å². The zero-order chi connectivity index (χ0) is 21.6. The number of anilines is 1. The molecule has 1 atom stereocenters. The van der Waals surface area contributed by atoms with Crippen molar-refractivity contribution in [2.45, 2.75) is 45.7 Å². The molecule has 1 saturated heterocycles. The van der Waals surface area contributed by atoms with Gasteiger partial charge in [-0.15, -0.1) is 0 Å². The molecule has 1 fully saturated rings. The lowest BCUT2D eigenvalue weighted by Gasteiger charge is -2.31. The number of benzene rings is 2. The zero-order valence-corrected chi connectivity index (χ0v) is 18.2. The molecule has 31 heavy (non-hydrogen) atoms. The number of rotatable bonds is 7. The van der Waals surface area contributed by atoms with Crippen LogP contribution in [0.1, 0.15) is 42.9 Å². The Kier molecular flexibility index (Phi) is 6.87. The van der Waals surface area contributed by atoms with Crippen molar-refractivity contribution in [1.82, 2.24) is 10.2 Å². The summed E-state index contributed by atoms with van der Waals surface area (Å²) in [5, 5.41) is 5.83. The topological polar surface area (TPSA) is 70.7 Å². The molecule has 2 N–H and O–H groups in total. The number of nitrogens with zero attached hydrogens (tertiary/aromatic N) is 1. The van der Waals surface area contributed by atoms with E-state index in [2.05, 4.69) is 40.7 Å². The minimum atomic E-state index is -0.146. The molecule has 4 rings (SSSR count). The number of hydrogen-bond acceptors (Lipinski definition) is 4. The second-order valence-corrected chi connectivity index (χ2v) is 8.68. The Morgan fingerprint density at radius 1 is 1.19 bits per heavy atom. The molecule has 6 heteroatoms. The van der Waals surface area contributed by atoms with Crippen molar-refractivity contribution in [3.05, 3.63) is 59.2 Å². The van der Waals surface area contributed by atoms with Gasteiger partial charge >= 0.3 is 0 Å². The number of piperidine rings is 1. The average Bonchev–Trinajstić information content (AvgIpc) is 2.77. The van der Waals surface area contributed by atoms with E-state index < -0.39 is 0 Å². The standard InChI is InChI=1S/C25H31N3O3/c1-18-5-4-12-28(15-18)16-21-7-3-2-6-20(21)14-26-25(30)17-31-22-9-10-23-19(13-22)8-11-24(29)27-23/h2-3,6-7,9-10,13,18H,4-5,8,11-12,14-17H2,1H3,(H,26,30)(H,27,29).